The first-order chi connectivity index (χ1) is 20.4. The highest BCUT2D eigenvalue weighted by Crippen LogP contribution is 2.24. The van der Waals surface area contributed by atoms with Crippen molar-refractivity contribution in [2.24, 2.45) is 5.41 Å². The molecular weight excluding hydrogens is 536 g/mol. The van der Waals surface area contributed by atoms with Gasteiger partial charge < -0.3 is 10.1 Å². The van der Waals surface area contributed by atoms with Gasteiger partial charge in [-0.15, -0.1) is 0 Å². The Balaban J connectivity index is 1.74. The molecule has 0 aliphatic heterocycles. The van der Waals surface area contributed by atoms with Crippen LogP contribution in [0, 0.1) is 5.41 Å². The molecule has 2 aromatic rings. The van der Waals surface area contributed by atoms with Gasteiger partial charge in [0.2, 0.25) is 5.91 Å². The number of carbonyl (C=O) groups excluding carboxylic acids is 3. The first-order valence-electron chi connectivity index (χ1n) is 16.3. The summed E-state index contributed by atoms with van der Waals surface area (Å²) in [7, 11) is 0. The van der Waals surface area contributed by atoms with Gasteiger partial charge in [-0.25, -0.2) is 4.79 Å². The molecule has 6 nitrogen and oxygen atoms in total. The number of benzene rings is 2. The number of rotatable bonds is 17. The Morgan fingerprint density at radius 2 is 1.07 bits per heavy atom. The number of unbranched alkanes of at least 4 members (excludes halogenated alkanes) is 9. The molecule has 0 saturated heterocycles. The summed E-state index contributed by atoms with van der Waals surface area (Å²) in [5.74, 6) is -0.213. The Labute approximate surface area is 261 Å². The van der Waals surface area contributed by atoms with Crippen LogP contribution in [0.25, 0.3) is 0 Å². The second-order valence-corrected chi connectivity index (χ2v) is 13.9. The summed E-state index contributed by atoms with van der Waals surface area (Å²) in [6.07, 6.45) is 11.6. The van der Waals surface area contributed by atoms with Gasteiger partial charge in [-0.2, -0.15) is 0 Å². The van der Waals surface area contributed by atoms with Gasteiger partial charge >= 0.3 is 12.0 Å². The highest BCUT2D eigenvalue weighted by molar-refractivity contribution is 5.94. The number of nitrogens with zero attached hydrogens (tertiary/aromatic N) is 1. The molecule has 3 amide bonds. The highest BCUT2D eigenvalue weighted by atomic mass is 16.6. The second-order valence-electron chi connectivity index (χ2n) is 13.9. The molecular formula is C37H56N2O4. The molecule has 238 valence electrons. The molecule has 1 N–H and O–H groups in total. The van der Waals surface area contributed by atoms with E-state index in [0.717, 1.165) is 56.1 Å². The van der Waals surface area contributed by atoms with Crippen LogP contribution in [0.2, 0.25) is 0 Å². The Hall–Kier alpha value is -3.15. The van der Waals surface area contributed by atoms with Crippen LogP contribution >= 0.6 is 0 Å². The van der Waals surface area contributed by atoms with E-state index in [-0.39, 0.29) is 29.4 Å². The standard InChI is InChI=1S/C37H56N2O4/c1-36(2,3)29-39(35(42)38-34(30-23-17-15-18-24-30)31-25-19-16-20-26-31)32(40)27-21-13-11-9-7-8-10-12-14-22-28-33(41)43-37(4,5)6/h15-20,23-26,34H,7-14,21-22,27-29H2,1-6H3,(H,38,42). The van der Waals surface area contributed by atoms with Gasteiger partial charge in [0.25, 0.3) is 0 Å². The number of nitrogens with one attached hydrogen (secondary N) is 1. The van der Waals surface area contributed by atoms with E-state index in [1.54, 1.807) is 0 Å². The minimum absolute atomic E-state index is 0.100. The van der Waals surface area contributed by atoms with Crippen molar-refractivity contribution in [1.29, 1.82) is 0 Å². The highest BCUT2D eigenvalue weighted by Gasteiger charge is 2.28. The van der Waals surface area contributed by atoms with Gasteiger partial charge in [-0.05, 0) is 50.2 Å². The lowest BCUT2D eigenvalue weighted by Gasteiger charge is -2.31. The van der Waals surface area contributed by atoms with E-state index in [9.17, 15) is 14.4 Å². The second kappa shape index (κ2) is 18.5. The lowest BCUT2D eigenvalue weighted by Crippen LogP contribution is -2.48. The molecule has 2 rings (SSSR count). The van der Waals surface area contributed by atoms with Crippen LogP contribution < -0.4 is 5.32 Å². The molecule has 0 unspecified atom stereocenters. The molecule has 0 heterocycles. The molecule has 0 saturated carbocycles. The monoisotopic (exact) mass is 592 g/mol. The summed E-state index contributed by atoms with van der Waals surface area (Å²) in [4.78, 5) is 40.1. The van der Waals surface area contributed by atoms with Crippen LogP contribution in [0.5, 0.6) is 0 Å². The topological polar surface area (TPSA) is 75.7 Å². The zero-order valence-electron chi connectivity index (χ0n) is 27.6. The van der Waals surface area contributed by atoms with Crippen molar-refractivity contribution in [3.8, 4) is 0 Å². The number of hydrogen-bond donors (Lipinski definition) is 1. The fourth-order valence-corrected chi connectivity index (χ4v) is 5.09. The maximum Gasteiger partial charge on any atom is 0.324 e. The molecule has 0 atom stereocenters. The molecule has 0 fully saturated rings. The molecule has 0 aromatic heterocycles. The molecule has 6 heteroatoms. The first kappa shape index (κ1) is 36.0. The van der Waals surface area contributed by atoms with Crippen molar-refractivity contribution in [3.05, 3.63) is 71.8 Å². The van der Waals surface area contributed by atoms with Gasteiger partial charge in [-0.3, -0.25) is 14.5 Å². The van der Waals surface area contributed by atoms with Crippen molar-refractivity contribution >= 4 is 17.9 Å². The zero-order chi connectivity index (χ0) is 31.7. The molecule has 0 bridgehead atoms. The van der Waals surface area contributed by atoms with Crippen molar-refractivity contribution < 1.29 is 19.1 Å². The number of carbonyl (C=O) groups is 3. The van der Waals surface area contributed by atoms with Crippen LogP contribution in [-0.4, -0.2) is 35.0 Å². The van der Waals surface area contributed by atoms with Crippen LogP contribution in [0.15, 0.2) is 60.7 Å². The zero-order valence-corrected chi connectivity index (χ0v) is 27.6. The fourth-order valence-electron chi connectivity index (χ4n) is 5.09. The maximum absolute atomic E-state index is 13.6. The number of esters is 1. The Morgan fingerprint density at radius 1 is 0.651 bits per heavy atom. The quantitative estimate of drug-likeness (QED) is 0.147. The van der Waals surface area contributed by atoms with Crippen LogP contribution in [0.4, 0.5) is 4.79 Å². The predicted molar refractivity (Wildman–Crippen MR) is 176 cm³/mol. The summed E-state index contributed by atoms with van der Waals surface area (Å²) in [5.41, 5.74) is 1.34. The SMILES string of the molecule is CC(C)(C)CN(C(=O)CCCCCCCCCCCCC(=O)OC(C)(C)C)C(=O)NC(c1ccccc1)c1ccccc1. The van der Waals surface area contributed by atoms with Gasteiger partial charge in [0.05, 0.1) is 6.04 Å². The van der Waals surface area contributed by atoms with Crippen LogP contribution in [0.1, 0.15) is 136 Å². The summed E-state index contributed by atoms with van der Waals surface area (Å²) in [5, 5.41) is 3.15. The van der Waals surface area contributed by atoms with E-state index in [2.05, 4.69) is 5.32 Å². The van der Waals surface area contributed by atoms with Crippen molar-refractivity contribution in [1.82, 2.24) is 10.2 Å². The molecule has 0 radical (unpaired) electrons. The average molecular weight is 593 g/mol. The summed E-state index contributed by atoms with van der Waals surface area (Å²) in [6, 6.07) is 19.1. The summed E-state index contributed by atoms with van der Waals surface area (Å²) < 4.78 is 5.36. The third-order valence-electron chi connectivity index (χ3n) is 7.15. The predicted octanol–water partition coefficient (Wildman–Crippen LogP) is 9.38. The van der Waals surface area contributed by atoms with E-state index in [4.69, 9.17) is 4.74 Å². The maximum atomic E-state index is 13.6. The Morgan fingerprint density at radius 3 is 1.49 bits per heavy atom. The van der Waals surface area contributed by atoms with Crippen LogP contribution in [-0.2, 0) is 14.3 Å². The fraction of sp³-hybridized carbons (Fsp3) is 0.595. The lowest BCUT2D eigenvalue weighted by atomic mass is 9.95. The number of amides is 3. The molecule has 0 aliphatic rings. The van der Waals surface area contributed by atoms with Gasteiger partial charge in [-0.1, -0.05) is 133 Å². The average Bonchev–Trinajstić information content (AvgIpc) is 2.94. The minimum atomic E-state index is -0.403. The van der Waals surface area contributed by atoms with E-state index in [0.29, 0.717) is 19.4 Å². The minimum Gasteiger partial charge on any atom is -0.460 e. The van der Waals surface area contributed by atoms with Crippen molar-refractivity contribution in [2.45, 2.75) is 130 Å². The van der Waals surface area contributed by atoms with E-state index in [1.807, 2.05) is 102 Å². The third kappa shape index (κ3) is 15.8. The normalized spacial score (nSPS) is 11.8. The number of urea groups is 1. The van der Waals surface area contributed by atoms with Crippen molar-refractivity contribution in [2.75, 3.05) is 6.54 Å². The largest absolute Gasteiger partial charge is 0.460 e. The van der Waals surface area contributed by atoms with Gasteiger partial charge in [0, 0.05) is 19.4 Å². The first-order valence-corrected chi connectivity index (χ1v) is 16.3. The lowest BCUT2D eigenvalue weighted by molar-refractivity contribution is -0.154. The number of ether oxygens (including phenoxy) is 1. The molecule has 0 aliphatic carbocycles. The Bertz CT molecular complexity index is 1050. The van der Waals surface area contributed by atoms with E-state index >= 15 is 0 Å². The summed E-state index contributed by atoms with van der Waals surface area (Å²) in [6.45, 7) is 12.2. The molecule has 43 heavy (non-hydrogen) atoms. The van der Waals surface area contributed by atoms with E-state index < -0.39 is 5.60 Å². The van der Waals surface area contributed by atoms with Gasteiger partial charge in [0.1, 0.15) is 5.60 Å². The summed E-state index contributed by atoms with van der Waals surface area (Å²) >= 11 is 0. The van der Waals surface area contributed by atoms with E-state index in [1.165, 1.54) is 24.2 Å². The van der Waals surface area contributed by atoms with Crippen LogP contribution in [0.3, 0.4) is 0 Å². The molecule has 2 aromatic carbocycles. The van der Waals surface area contributed by atoms with Crippen molar-refractivity contribution in [3.63, 3.8) is 0 Å². The number of hydrogen-bond acceptors (Lipinski definition) is 4. The third-order valence-corrected chi connectivity index (χ3v) is 7.15. The number of imide groups is 1. The smallest absolute Gasteiger partial charge is 0.324 e. The molecule has 0 spiro atoms. The van der Waals surface area contributed by atoms with Gasteiger partial charge in [0.15, 0.2) is 0 Å². The Kier molecular flexibility index (Phi) is 15.5.